The average molecular weight is 265 g/mol. The van der Waals surface area contributed by atoms with Crippen molar-refractivity contribution in [3.63, 3.8) is 0 Å². The lowest BCUT2D eigenvalue weighted by molar-refractivity contribution is 0.144. The van der Waals surface area contributed by atoms with Crippen molar-refractivity contribution in [2.75, 3.05) is 32.7 Å². The third kappa shape index (κ3) is 3.50. The molecule has 3 aliphatic rings. The molecular weight excluding hydrogens is 234 g/mol. The molecule has 3 rings (SSSR count). The minimum absolute atomic E-state index is 0.467. The molecule has 1 unspecified atom stereocenters. The van der Waals surface area contributed by atoms with Gasteiger partial charge >= 0.3 is 0 Å². The summed E-state index contributed by atoms with van der Waals surface area (Å²) in [6.07, 6.45) is 11.3. The summed E-state index contributed by atoms with van der Waals surface area (Å²) in [6.45, 7) is 6.38. The number of piperidine rings is 1. The molecule has 110 valence electrons. The lowest BCUT2D eigenvalue weighted by atomic mass is 9.96. The maximum absolute atomic E-state index is 5.98. The minimum Gasteiger partial charge on any atom is -0.328 e. The quantitative estimate of drug-likeness (QED) is 0.844. The summed E-state index contributed by atoms with van der Waals surface area (Å²) in [5.41, 5.74) is 5.98. The van der Waals surface area contributed by atoms with Crippen LogP contribution in [0.5, 0.6) is 0 Å². The van der Waals surface area contributed by atoms with Crippen LogP contribution in [-0.4, -0.2) is 54.6 Å². The van der Waals surface area contributed by atoms with Gasteiger partial charge in [0.2, 0.25) is 0 Å². The second-order valence-corrected chi connectivity index (χ2v) is 6.97. The molecule has 19 heavy (non-hydrogen) atoms. The zero-order valence-corrected chi connectivity index (χ0v) is 12.4. The normalized spacial score (nSPS) is 32.4. The molecule has 2 heterocycles. The molecule has 2 saturated heterocycles. The topological polar surface area (TPSA) is 32.5 Å². The Morgan fingerprint density at radius 1 is 0.789 bits per heavy atom. The van der Waals surface area contributed by atoms with E-state index in [-0.39, 0.29) is 0 Å². The van der Waals surface area contributed by atoms with E-state index in [4.69, 9.17) is 5.73 Å². The van der Waals surface area contributed by atoms with Crippen LogP contribution in [0.4, 0.5) is 0 Å². The molecule has 1 atom stereocenters. The van der Waals surface area contributed by atoms with Gasteiger partial charge in [0.1, 0.15) is 0 Å². The van der Waals surface area contributed by atoms with Gasteiger partial charge in [0, 0.05) is 25.2 Å². The maximum atomic E-state index is 5.98. The van der Waals surface area contributed by atoms with Crippen molar-refractivity contribution in [2.45, 2.75) is 63.5 Å². The molecule has 1 aliphatic carbocycles. The van der Waals surface area contributed by atoms with Gasteiger partial charge in [0.15, 0.2) is 0 Å². The van der Waals surface area contributed by atoms with E-state index in [9.17, 15) is 0 Å². The van der Waals surface area contributed by atoms with Crippen molar-refractivity contribution in [2.24, 2.45) is 11.7 Å². The van der Waals surface area contributed by atoms with Crippen LogP contribution in [0.2, 0.25) is 0 Å². The van der Waals surface area contributed by atoms with Gasteiger partial charge < -0.3 is 10.6 Å². The SMILES string of the molecule is NC1CCN(CCN2CCCC2C2CCCC2)CC1. The van der Waals surface area contributed by atoms with Gasteiger partial charge in [-0.15, -0.1) is 0 Å². The van der Waals surface area contributed by atoms with Gasteiger partial charge in [-0.25, -0.2) is 0 Å². The first-order valence-electron chi connectivity index (χ1n) is 8.55. The molecule has 3 nitrogen and oxygen atoms in total. The molecule has 0 radical (unpaired) electrons. The zero-order valence-electron chi connectivity index (χ0n) is 12.4. The highest BCUT2D eigenvalue weighted by Gasteiger charge is 2.33. The summed E-state index contributed by atoms with van der Waals surface area (Å²) in [4.78, 5) is 5.44. The van der Waals surface area contributed by atoms with E-state index in [0.717, 1.165) is 12.0 Å². The van der Waals surface area contributed by atoms with Gasteiger partial charge in [-0.1, -0.05) is 12.8 Å². The minimum atomic E-state index is 0.467. The lowest BCUT2D eigenvalue weighted by Gasteiger charge is -2.34. The molecular formula is C16H31N3. The van der Waals surface area contributed by atoms with Gasteiger partial charge in [-0.2, -0.15) is 0 Å². The number of nitrogens with two attached hydrogens (primary N) is 1. The molecule has 3 fully saturated rings. The van der Waals surface area contributed by atoms with Crippen LogP contribution in [0.1, 0.15) is 51.4 Å². The molecule has 0 bridgehead atoms. The van der Waals surface area contributed by atoms with Crippen molar-refractivity contribution in [3.8, 4) is 0 Å². The van der Waals surface area contributed by atoms with Crippen LogP contribution < -0.4 is 5.73 Å². The molecule has 0 spiro atoms. The van der Waals surface area contributed by atoms with E-state index in [1.165, 1.54) is 84.1 Å². The highest BCUT2D eigenvalue weighted by Crippen LogP contribution is 2.35. The summed E-state index contributed by atoms with van der Waals surface area (Å²) < 4.78 is 0. The Balaban J connectivity index is 1.43. The number of rotatable bonds is 4. The fourth-order valence-electron chi connectivity index (χ4n) is 4.45. The van der Waals surface area contributed by atoms with Crippen LogP contribution in [0.3, 0.4) is 0 Å². The van der Waals surface area contributed by atoms with Crippen LogP contribution in [-0.2, 0) is 0 Å². The Labute approximate surface area is 118 Å². The molecule has 3 heteroatoms. The zero-order chi connectivity index (χ0) is 13.1. The Morgan fingerprint density at radius 3 is 2.26 bits per heavy atom. The predicted octanol–water partition coefficient (Wildman–Crippen LogP) is 2.06. The standard InChI is InChI=1S/C16H31N3/c17-15-7-10-18(11-8-15)12-13-19-9-3-6-16(19)14-4-1-2-5-14/h14-16H,1-13,17H2. The number of hydrogen-bond donors (Lipinski definition) is 1. The first-order valence-corrected chi connectivity index (χ1v) is 8.55. The maximum Gasteiger partial charge on any atom is 0.0124 e. The van der Waals surface area contributed by atoms with Gasteiger partial charge in [-0.3, -0.25) is 4.90 Å². The Kier molecular flexibility index (Phi) is 4.78. The van der Waals surface area contributed by atoms with Crippen molar-refractivity contribution in [1.82, 2.24) is 9.80 Å². The Hall–Kier alpha value is -0.120. The van der Waals surface area contributed by atoms with Crippen molar-refractivity contribution in [3.05, 3.63) is 0 Å². The van der Waals surface area contributed by atoms with E-state index >= 15 is 0 Å². The first kappa shape index (κ1) is 13.8. The monoisotopic (exact) mass is 265 g/mol. The number of likely N-dealkylation sites (tertiary alicyclic amines) is 2. The average Bonchev–Trinajstić information content (AvgIpc) is 3.08. The predicted molar refractivity (Wildman–Crippen MR) is 80.2 cm³/mol. The molecule has 0 aromatic heterocycles. The Bertz CT molecular complexity index is 267. The van der Waals surface area contributed by atoms with Crippen LogP contribution in [0.25, 0.3) is 0 Å². The lowest BCUT2D eigenvalue weighted by Crippen LogP contribution is -2.44. The van der Waals surface area contributed by atoms with Crippen LogP contribution in [0.15, 0.2) is 0 Å². The number of hydrogen-bond acceptors (Lipinski definition) is 3. The van der Waals surface area contributed by atoms with E-state index < -0.39 is 0 Å². The van der Waals surface area contributed by atoms with E-state index in [2.05, 4.69) is 9.80 Å². The largest absolute Gasteiger partial charge is 0.328 e. The summed E-state index contributed by atoms with van der Waals surface area (Å²) in [5.74, 6) is 1.03. The van der Waals surface area contributed by atoms with Crippen LogP contribution >= 0.6 is 0 Å². The van der Waals surface area contributed by atoms with E-state index in [1.54, 1.807) is 0 Å². The molecule has 0 aromatic carbocycles. The second kappa shape index (κ2) is 6.55. The second-order valence-electron chi connectivity index (χ2n) is 6.97. The molecule has 0 amide bonds. The fourth-order valence-corrected chi connectivity index (χ4v) is 4.45. The summed E-state index contributed by atoms with van der Waals surface area (Å²) in [5, 5.41) is 0. The third-order valence-corrected chi connectivity index (χ3v) is 5.69. The summed E-state index contributed by atoms with van der Waals surface area (Å²) in [7, 11) is 0. The smallest absolute Gasteiger partial charge is 0.0124 e. The molecule has 2 aliphatic heterocycles. The van der Waals surface area contributed by atoms with Gasteiger partial charge in [-0.05, 0) is 64.1 Å². The van der Waals surface area contributed by atoms with E-state index in [1.807, 2.05) is 0 Å². The summed E-state index contributed by atoms with van der Waals surface area (Å²) >= 11 is 0. The molecule has 0 aromatic rings. The molecule has 1 saturated carbocycles. The van der Waals surface area contributed by atoms with Crippen molar-refractivity contribution >= 4 is 0 Å². The van der Waals surface area contributed by atoms with Crippen molar-refractivity contribution in [1.29, 1.82) is 0 Å². The summed E-state index contributed by atoms with van der Waals surface area (Å²) in [6, 6.07) is 1.39. The van der Waals surface area contributed by atoms with Gasteiger partial charge in [0.25, 0.3) is 0 Å². The van der Waals surface area contributed by atoms with Crippen LogP contribution in [0, 0.1) is 5.92 Å². The van der Waals surface area contributed by atoms with Gasteiger partial charge in [0.05, 0.1) is 0 Å². The van der Waals surface area contributed by atoms with Crippen molar-refractivity contribution < 1.29 is 0 Å². The molecule has 2 N–H and O–H groups in total. The van der Waals surface area contributed by atoms with E-state index in [0.29, 0.717) is 6.04 Å². The fraction of sp³-hybridized carbons (Fsp3) is 1.00. The third-order valence-electron chi connectivity index (χ3n) is 5.69. The highest BCUT2D eigenvalue weighted by atomic mass is 15.2. The number of nitrogens with zero attached hydrogens (tertiary/aromatic N) is 2. The highest BCUT2D eigenvalue weighted by molar-refractivity contribution is 4.88. The Morgan fingerprint density at radius 2 is 1.53 bits per heavy atom. The first-order chi connectivity index (χ1) is 9.33.